The number of nitrogens with one attached hydrogen (secondary N) is 2. The Labute approximate surface area is 314 Å². The molecule has 0 spiro atoms. The minimum Gasteiger partial charge on any atom is -0.386 e. The lowest BCUT2D eigenvalue weighted by Gasteiger charge is -2.30. The number of aliphatic hydroxyl groups excluding tert-OH is 2. The van der Waals surface area contributed by atoms with Gasteiger partial charge in [-0.1, -0.05) is 40.5 Å². The SMILES string of the molecule is CCCC(C)CSCCNC(=O)CCNC(=O)[C@H](O)C(C)(C)COP(=O)(O)OP(=O)(O)OC[C@H]1O[C@@H](n2cnc3c(N)ncnc32)[C@H](O)[C@@H]1OP(=O)(O)O. The van der Waals surface area contributed by atoms with E-state index in [1.165, 1.54) is 13.8 Å². The monoisotopic (exact) mass is 851 g/mol. The minimum absolute atomic E-state index is 0.0337. The fourth-order valence-electron chi connectivity index (χ4n) is 5.06. The predicted molar refractivity (Wildman–Crippen MR) is 191 cm³/mol. The number of aromatic nitrogens is 4. The average Bonchev–Trinajstić information content (AvgIpc) is 3.62. The van der Waals surface area contributed by atoms with Crippen molar-refractivity contribution in [3.63, 3.8) is 0 Å². The molecule has 54 heavy (non-hydrogen) atoms. The molecule has 0 radical (unpaired) electrons. The Kier molecular flexibility index (Phi) is 17.0. The standard InChI is InChI=1S/C27H48N7O16P3S/c1-5-6-16(2)12-54-10-9-29-18(35)7-8-30-25(38)22(37)27(3,4)13-47-53(44,45)50-52(42,43)46-11-17-21(49-51(39,40)41)20(36)26(48-17)34-15-33-19-23(28)31-14-32-24(19)34/h14-17,20-22,26,36-37H,5-13H2,1-4H3,(H,29,35)(H,30,38)(H,42,43)(H,44,45)(H2,28,31,32)(H2,39,40,41)/t16?,17-,20-,21-,22+,26-/m1/s1. The second-order valence-corrected chi connectivity index (χ2v) is 18.4. The number of anilines is 1. The minimum atomic E-state index is -5.55. The highest BCUT2D eigenvalue weighted by Gasteiger charge is 2.50. The van der Waals surface area contributed by atoms with Crippen LogP contribution in [0.5, 0.6) is 0 Å². The van der Waals surface area contributed by atoms with E-state index in [0.717, 1.165) is 41.6 Å². The van der Waals surface area contributed by atoms with Gasteiger partial charge in [-0.05, 0) is 11.7 Å². The van der Waals surface area contributed by atoms with E-state index in [1.807, 2.05) is 0 Å². The van der Waals surface area contributed by atoms with Crippen LogP contribution in [0.25, 0.3) is 11.2 Å². The van der Waals surface area contributed by atoms with Crippen LogP contribution in [0.4, 0.5) is 5.82 Å². The number of phosphoric acid groups is 3. The molecule has 10 N–H and O–H groups in total. The van der Waals surface area contributed by atoms with Crippen molar-refractivity contribution in [3.05, 3.63) is 12.7 Å². The Bertz CT molecular complexity index is 1720. The van der Waals surface area contributed by atoms with Crippen molar-refractivity contribution in [3.8, 4) is 0 Å². The van der Waals surface area contributed by atoms with Crippen LogP contribution in [0.2, 0.25) is 0 Å². The number of rotatable bonds is 23. The Morgan fingerprint density at radius 3 is 2.44 bits per heavy atom. The average molecular weight is 852 g/mol. The molecule has 27 heteroatoms. The van der Waals surface area contributed by atoms with Crippen LogP contribution < -0.4 is 16.4 Å². The van der Waals surface area contributed by atoms with Gasteiger partial charge in [0.15, 0.2) is 17.7 Å². The maximum absolute atomic E-state index is 12.7. The first-order valence-electron chi connectivity index (χ1n) is 16.5. The molecule has 0 bridgehead atoms. The highest BCUT2D eigenvalue weighted by molar-refractivity contribution is 7.99. The number of hydrogen-bond donors (Lipinski definition) is 9. The van der Waals surface area contributed by atoms with E-state index in [-0.39, 0.29) is 35.9 Å². The zero-order valence-electron chi connectivity index (χ0n) is 29.9. The van der Waals surface area contributed by atoms with Crippen molar-refractivity contribution >= 4 is 64.0 Å². The molecule has 0 saturated carbocycles. The number of thioether (sulfide) groups is 1. The Hall–Kier alpha value is -2.11. The first kappa shape index (κ1) is 46.3. The van der Waals surface area contributed by atoms with Crippen LogP contribution >= 0.6 is 35.2 Å². The molecule has 0 aliphatic carbocycles. The van der Waals surface area contributed by atoms with Crippen LogP contribution in [-0.2, 0) is 45.9 Å². The van der Waals surface area contributed by atoms with E-state index in [0.29, 0.717) is 12.5 Å². The number of carbonyl (C=O) groups is 2. The van der Waals surface area contributed by atoms with Crippen molar-refractivity contribution in [2.75, 3.05) is 43.5 Å². The molecule has 2 aromatic rings. The molecule has 3 unspecified atom stereocenters. The Balaban J connectivity index is 1.50. The number of nitrogens with two attached hydrogens (primary N) is 1. The lowest BCUT2D eigenvalue weighted by atomic mass is 9.87. The lowest BCUT2D eigenvalue weighted by molar-refractivity contribution is -0.137. The van der Waals surface area contributed by atoms with Gasteiger partial charge in [-0.3, -0.25) is 27.7 Å². The number of fused-ring (bicyclic) bond motifs is 1. The van der Waals surface area contributed by atoms with E-state index in [2.05, 4.69) is 48.3 Å². The molecule has 3 rings (SSSR count). The number of imidazole rings is 1. The molecule has 1 aliphatic rings. The van der Waals surface area contributed by atoms with Crippen LogP contribution in [0, 0.1) is 11.3 Å². The summed E-state index contributed by atoms with van der Waals surface area (Å²) in [6.07, 6.45) is -4.44. The van der Waals surface area contributed by atoms with Crippen LogP contribution in [0.3, 0.4) is 0 Å². The Morgan fingerprint density at radius 2 is 1.78 bits per heavy atom. The highest BCUT2D eigenvalue weighted by Crippen LogP contribution is 2.61. The van der Waals surface area contributed by atoms with Gasteiger partial charge in [0.05, 0.1) is 19.5 Å². The molecule has 8 atom stereocenters. The number of aliphatic hydroxyl groups is 2. The molecule has 1 aliphatic heterocycles. The number of hydrogen-bond acceptors (Lipinski definition) is 17. The molecular formula is C27H48N7O16P3S. The van der Waals surface area contributed by atoms with Gasteiger partial charge in [0.1, 0.15) is 36.3 Å². The summed E-state index contributed by atoms with van der Waals surface area (Å²) >= 11 is 1.73. The largest absolute Gasteiger partial charge is 0.481 e. The van der Waals surface area contributed by atoms with E-state index < -0.39 is 78.6 Å². The zero-order valence-corrected chi connectivity index (χ0v) is 33.4. The normalized spacial score (nSPS) is 22.7. The number of amides is 2. The molecule has 3 heterocycles. The fourth-order valence-corrected chi connectivity index (χ4v) is 8.87. The molecule has 308 valence electrons. The number of nitrogen functional groups attached to an aromatic ring is 1. The van der Waals surface area contributed by atoms with Gasteiger partial charge in [0.25, 0.3) is 0 Å². The summed E-state index contributed by atoms with van der Waals surface area (Å²) < 4.78 is 62.1. The first-order valence-corrected chi connectivity index (χ1v) is 22.2. The van der Waals surface area contributed by atoms with Crippen molar-refractivity contribution in [1.29, 1.82) is 0 Å². The maximum Gasteiger partial charge on any atom is 0.481 e. The lowest BCUT2D eigenvalue weighted by Crippen LogP contribution is -2.46. The number of carbonyl (C=O) groups excluding carboxylic acids is 2. The summed E-state index contributed by atoms with van der Waals surface area (Å²) in [6.45, 7) is 5.23. The number of phosphoric ester groups is 3. The van der Waals surface area contributed by atoms with Gasteiger partial charge in [0, 0.05) is 30.7 Å². The van der Waals surface area contributed by atoms with Gasteiger partial charge >= 0.3 is 23.5 Å². The molecular weight excluding hydrogens is 803 g/mol. The van der Waals surface area contributed by atoms with E-state index in [4.69, 9.17) is 19.5 Å². The van der Waals surface area contributed by atoms with Gasteiger partial charge in [-0.2, -0.15) is 16.1 Å². The van der Waals surface area contributed by atoms with Crippen molar-refractivity contribution in [2.45, 2.75) is 77.6 Å². The predicted octanol–water partition coefficient (Wildman–Crippen LogP) is 0.574. The van der Waals surface area contributed by atoms with Gasteiger partial charge in [-0.15, -0.1) is 0 Å². The topological polar surface area (TPSA) is 347 Å². The summed E-state index contributed by atoms with van der Waals surface area (Å²) in [7, 11) is -16.3. The van der Waals surface area contributed by atoms with Gasteiger partial charge in [-0.25, -0.2) is 28.6 Å². The van der Waals surface area contributed by atoms with Crippen molar-refractivity contribution in [2.24, 2.45) is 11.3 Å². The van der Waals surface area contributed by atoms with Crippen LogP contribution in [0.1, 0.15) is 53.2 Å². The third-order valence-corrected chi connectivity index (χ3v) is 12.2. The van der Waals surface area contributed by atoms with Crippen LogP contribution in [0.15, 0.2) is 12.7 Å². The molecule has 1 fully saturated rings. The second kappa shape index (κ2) is 19.8. The first-order chi connectivity index (χ1) is 25.1. The summed E-state index contributed by atoms with van der Waals surface area (Å²) in [5.41, 5.74) is 4.32. The fraction of sp³-hybridized carbons (Fsp3) is 0.741. The van der Waals surface area contributed by atoms with E-state index in [1.54, 1.807) is 11.8 Å². The van der Waals surface area contributed by atoms with Crippen molar-refractivity contribution in [1.82, 2.24) is 30.2 Å². The Morgan fingerprint density at radius 1 is 1.09 bits per heavy atom. The third-order valence-electron chi connectivity index (χ3n) is 7.83. The summed E-state index contributed by atoms with van der Waals surface area (Å²) in [5.74, 6) is 1.05. The smallest absolute Gasteiger partial charge is 0.386 e. The highest BCUT2D eigenvalue weighted by atomic mass is 32.2. The summed E-state index contributed by atoms with van der Waals surface area (Å²) in [5, 5.41) is 26.6. The molecule has 0 aromatic carbocycles. The quantitative estimate of drug-likeness (QED) is 0.0545. The van der Waals surface area contributed by atoms with Gasteiger partial charge < -0.3 is 50.9 Å². The third kappa shape index (κ3) is 14.1. The van der Waals surface area contributed by atoms with E-state index in [9.17, 15) is 53.1 Å². The maximum atomic E-state index is 12.7. The van der Waals surface area contributed by atoms with E-state index >= 15 is 0 Å². The molecule has 2 aromatic heterocycles. The second-order valence-electron chi connectivity index (χ2n) is 13.0. The molecule has 23 nitrogen and oxygen atoms in total. The number of ether oxygens (including phenoxy) is 1. The zero-order chi connectivity index (χ0) is 40.5. The van der Waals surface area contributed by atoms with Gasteiger partial charge in [0.2, 0.25) is 11.8 Å². The van der Waals surface area contributed by atoms with Crippen LogP contribution in [-0.4, -0.2) is 123 Å². The molecule has 1 saturated heterocycles. The number of nitrogens with zero attached hydrogens (tertiary/aromatic N) is 4. The summed E-state index contributed by atoms with van der Waals surface area (Å²) in [6, 6.07) is 0. The summed E-state index contributed by atoms with van der Waals surface area (Å²) in [4.78, 5) is 75.6. The molecule has 2 amide bonds. The van der Waals surface area contributed by atoms with Crippen molar-refractivity contribution < 1.29 is 75.7 Å².